The van der Waals surface area contributed by atoms with Gasteiger partial charge in [0.15, 0.2) is 0 Å². The third-order valence-corrected chi connectivity index (χ3v) is 6.56. The van der Waals surface area contributed by atoms with Crippen molar-refractivity contribution in [3.63, 3.8) is 0 Å². The van der Waals surface area contributed by atoms with Crippen LogP contribution in [0.5, 0.6) is 0 Å². The van der Waals surface area contributed by atoms with E-state index in [0.29, 0.717) is 22.2 Å². The van der Waals surface area contributed by atoms with E-state index in [2.05, 4.69) is 45.2 Å². The van der Waals surface area contributed by atoms with E-state index in [-0.39, 0.29) is 11.4 Å². The van der Waals surface area contributed by atoms with Crippen LogP contribution in [0.2, 0.25) is 0 Å². The molecule has 2 bridgehead atoms. The highest BCUT2D eigenvalue weighted by Crippen LogP contribution is 2.46. The van der Waals surface area contributed by atoms with Crippen LogP contribution < -0.4 is 0 Å². The summed E-state index contributed by atoms with van der Waals surface area (Å²) in [6.07, 6.45) is 3.63. The molecule has 0 radical (unpaired) electrons. The average Bonchev–Trinajstić information content (AvgIpc) is 2.82. The summed E-state index contributed by atoms with van der Waals surface area (Å²) in [5.74, 6) is -0.218. The van der Waals surface area contributed by atoms with Gasteiger partial charge in [0.1, 0.15) is 0 Å². The Hall–Kier alpha value is 0.110. The lowest BCUT2D eigenvalue weighted by molar-refractivity contribution is 0.0230. The van der Waals surface area contributed by atoms with Crippen molar-refractivity contribution < 1.29 is 14.3 Å². The highest BCUT2D eigenvalue weighted by molar-refractivity contribution is 14.1. The van der Waals surface area contributed by atoms with Gasteiger partial charge >= 0.3 is 5.97 Å². The summed E-state index contributed by atoms with van der Waals surface area (Å²) in [5, 5.41) is 0. The van der Waals surface area contributed by atoms with Gasteiger partial charge in [-0.1, -0.05) is 34.7 Å². The molecule has 1 aliphatic heterocycles. The number of halogens is 2. The summed E-state index contributed by atoms with van der Waals surface area (Å²) in [6, 6.07) is 7.53. The molecule has 5 heteroatoms. The lowest BCUT2D eigenvalue weighted by atomic mass is 9.76. The van der Waals surface area contributed by atoms with Crippen molar-refractivity contribution in [2.75, 3.05) is 13.2 Å². The second kappa shape index (κ2) is 6.08. The van der Waals surface area contributed by atoms with Crippen LogP contribution in [-0.2, 0) is 9.47 Å². The van der Waals surface area contributed by atoms with Crippen LogP contribution in [0.4, 0.5) is 0 Å². The molecule has 2 aliphatic rings. The zero-order valence-corrected chi connectivity index (χ0v) is 15.3. The average molecular weight is 498 g/mol. The van der Waals surface area contributed by atoms with Crippen molar-refractivity contribution in [1.29, 1.82) is 0 Å². The SMILES string of the molecule is O=C(OC[C@]12CC[C@H](I)[C@H](C1)OC2)c1ccccc1I. The maximum Gasteiger partial charge on any atom is 0.339 e. The topological polar surface area (TPSA) is 35.5 Å². The standard InChI is InChI=1S/C15H16I2O3/c16-11-4-2-1-3-10(11)14(18)20-9-15-6-5-12(17)13(7-15)19-8-15/h1-4,12-13H,5-9H2/t12-,13-,15+/m0/s1. The number of carbonyl (C=O) groups excluding carboxylic acids is 1. The van der Waals surface area contributed by atoms with Crippen molar-refractivity contribution >= 4 is 51.2 Å². The maximum absolute atomic E-state index is 12.2. The first kappa shape index (κ1) is 15.0. The summed E-state index contributed by atoms with van der Waals surface area (Å²) < 4.78 is 13.0. The van der Waals surface area contributed by atoms with Crippen molar-refractivity contribution in [2.24, 2.45) is 5.41 Å². The summed E-state index contributed by atoms with van der Waals surface area (Å²) in [6.45, 7) is 1.22. The zero-order valence-electron chi connectivity index (χ0n) is 11.0. The third kappa shape index (κ3) is 2.99. The van der Waals surface area contributed by atoms with Crippen LogP contribution in [0.3, 0.4) is 0 Å². The van der Waals surface area contributed by atoms with Crippen LogP contribution in [0.25, 0.3) is 0 Å². The van der Waals surface area contributed by atoms with Gasteiger partial charge in [0, 0.05) is 12.9 Å². The Morgan fingerprint density at radius 1 is 1.45 bits per heavy atom. The molecule has 1 heterocycles. The first-order chi connectivity index (χ1) is 9.60. The number of fused-ring (bicyclic) bond motifs is 2. The van der Waals surface area contributed by atoms with Crippen LogP contribution in [0.1, 0.15) is 29.6 Å². The van der Waals surface area contributed by atoms with E-state index in [1.54, 1.807) is 0 Å². The lowest BCUT2D eigenvalue weighted by Gasteiger charge is -2.32. The van der Waals surface area contributed by atoms with Gasteiger partial charge in [0.25, 0.3) is 0 Å². The molecule has 0 aromatic heterocycles. The minimum absolute atomic E-state index is 0.0578. The molecule has 0 spiro atoms. The lowest BCUT2D eigenvalue weighted by Crippen LogP contribution is -2.35. The number of hydrogen-bond acceptors (Lipinski definition) is 3. The fourth-order valence-corrected chi connectivity index (χ4v) is 4.34. The van der Waals surface area contributed by atoms with Crippen LogP contribution >= 0.6 is 45.2 Å². The molecular weight excluding hydrogens is 482 g/mol. The quantitative estimate of drug-likeness (QED) is 0.362. The Morgan fingerprint density at radius 2 is 2.25 bits per heavy atom. The summed E-state index contributed by atoms with van der Waals surface area (Å²) >= 11 is 4.64. The van der Waals surface area contributed by atoms with E-state index in [9.17, 15) is 4.79 Å². The molecule has 20 heavy (non-hydrogen) atoms. The molecule has 1 saturated carbocycles. The second-order valence-electron chi connectivity index (χ2n) is 5.66. The molecule has 3 rings (SSSR count). The number of hydrogen-bond donors (Lipinski definition) is 0. The summed E-state index contributed by atoms with van der Waals surface area (Å²) in [7, 11) is 0. The minimum atomic E-state index is -0.218. The number of carbonyl (C=O) groups is 1. The number of benzene rings is 1. The van der Waals surface area contributed by atoms with Gasteiger partial charge in [-0.2, -0.15) is 0 Å². The fourth-order valence-electron chi connectivity index (χ4n) is 2.96. The van der Waals surface area contributed by atoms with Crippen molar-refractivity contribution in [3.05, 3.63) is 33.4 Å². The van der Waals surface area contributed by atoms with Gasteiger partial charge in [-0.25, -0.2) is 4.79 Å². The maximum atomic E-state index is 12.2. The Kier molecular flexibility index (Phi) is 4.57. The number of alkyl halides is 1. The Bertz CT molecular complexity index is 520. The van der Waals surface area contributed by atoms with E-state index in [0.717, 1.165) is 29.4 Å². The van der Waals surface area contributed by atoms with Gasteiger partial charge in [-0.05, 0) is 54.0 Å². The highest BCUT2D eigenvalue weighted by atomic mass is 127. The molecule has 0 unspecified atom stereocenters. The predicted molar refractivity (Wildman–Crippen MR) is 93.3 cm³/mol. The van der Waals surface area contributed by atoms with Crippen LogP contribution in [-0.4, -0.2) is 29.2 Å². The molecular formula is C15H16I2O3. The minimum Gasteiger partial charge on any atom is -0.461 e. The smallest absolute Gasteiger partial charge is 0.339 e. The van der Waals surface area contributed by atoms with Gasteiger partial charge in [-0.3, -0.25) is 0 Å². The molecule has 0 N–H and O–H groups in total. The first-order valence-corrected chi connectivity index (χ1v) is 9.09. The molecule has 1 aliphatic carbocycles. The molecule has 1 aromatic rings. The monoisotopic (exact) mass is 498 g/mol. The highest BCUT2D eigenvalue weighted by Gasteiger charge is 2.47. The summed E-state index contributed by atoms with van der Waals surface area (Å²) in [5.41, 5.74) is 0.713. The normalized spacial score (nSPS) is 32.1. The molecule has 0 amide bonds. The van der Waals surface area contributed by atoms with Gasteiger partial charge in [-0.15, -0.1) is 0 Å². The molecule has 1 aromatic carbocycles. The second-order valence-corrected chi connectivity index (χ2v) is 8.43. The van der Waals surface area contributed by atoms with E-state index in [1.807, 2.05) is 24.3 Å². The summed E-state index contributed by atoms with van der Waals surface area (Å²) in [4.78, 5) is 12.2. The van der Waals surface area contributed by atoms with E-state index >= 15 is 0 Å². The number of rotatable bonds is 3. The first-order valence-electron chi connectivity index (χ1n) is 6.77. The third-order valence-electron chi connectivity index (χ3n) is 4.19. The van der Waals surface area contributed by atoms with Gasteiger partial charge < -0.3 is 9.47 Å². The predicted octanol–water partition coefficient (Wildman–Crippen LogP) is 3.82. The van der Waals surface area contributed by atoms with Crippen LogP contribution in [0, 0.1) is 8.99 Å². The number of esters is 1. The van der Waals surface area contributed by atoms with E-state index in [1.165, 1.54) is 0 Å². The molecule has 3 atom stereocenters. The van der Waals surface area contributed by atoms with Gasteiger partial charge in [0.05, 0.1) is 24.9 Å². The molecule has 2 fully saturated rings. The zero-order chi connectivity index (χ0) is 14.2. The molecule has 1 saturated heterocycles. The largest absolute Gasteiger partial charge is 0.461 e. The van der Waals surface area contributed by atoms with Crippen LogP contribution in [0.15, 0.2) is 24.3 Å². The Morgan fingerprint density at radius 3 is 3.05 bits per heavy atom. The van der Waals surface area contributed by atoms with E-state index in [4.69, 9.17) is 9.47 Å². The van der Waals surface area contributed by atoms with Crippen molar-refractivity contribution in [2.45, 2.75) is 29.3 Å². The van der Waals surface area contributed by atoms with Crippen molar-refractivity contribution in [1.82, 2.24) is 0 Å². The Balaban J connectivity index is 1.63. The van der Waals surface area contributed by atoms with Gasteiger partial charge in [0.2, 0.25) is 0 Å². The molecule has 108 valence electrons. The fraction of sp³-hybridized carbons (Fsp3) is 0.533. The van der Waals surface area contributed by atoms with Crippen molar-refractivity contribution in [3.8, 4) is 0 Å². The Labute approximate surface area is 146 Å². The molecule has 3 nitrogen and oxygen atoms in total. The van der Waals surface area contributed by atoms with E-state index < -0.39 is 0 Å². The number of ether oxygens (including phenoxy) is 2.